The first-order valence-corrected chi connectivity index (χ1v) is 7.01. The molecule has 104 valence electrons. The molecule has 0 unspecified atom stereocenters. The van der Waals surface area contributed by atoms with E-state index >= 15 is 0 Å². The fourth-order valence-corrected chi connectivity index (χ4v) is 2.83. The number of pyridine rings is 1. The lowest BCUT2D eigenvalue weighted by molar-refractivity contribution is -0.235. The second kappa shape index (κ2) is 5.35. The molecule has 2 fully saturated rings. The Morgan fingerprint density at radius 2 is 1.84 bits per heavy atom. The van der Waals surface area contributed by atoms with Crippen molar-refractivity contribution in [3.63, 3.8) is 0 Å². The Kier molecular flexibility index (Phi) is 3.57. The molecule has 0 aromatic carbocycles. The van der Waals surface area contributed by atoms with E-state index in [1.54, 1.807) is 12.4 Å². The Bertz CT molecular complexity index is 420. The van der Waals surface area contributed by atoms with Crippen LogP contribution in [0.5, 0.6) is 0 Å². The molecular weight excluding hydrogens is 242 g/mol. The molecule has 3 rings (SSSR count). The van der Waals surface area contributed by atoms with Gasteiger partial charge in [0.15, 0.2) is 5.79 Å². The zero-order valence-corrected chi connectivity index (χ0v) is 11.2. The van der Waals surface area contributed by atoms with E-state index in [1.807, 2.05) is 6.07 Å². The van der Waals surface area contributed by atoms with Crippen LogP contribution >= 0.6 is 0 Å². The number of rotatable bonds is 1. The summed E-state index contributed by atoms with van der Waals surface area (Å²) in [7, 11) is 0. The van der Waals surface area contributed by atoms with Crippen LogP contribution in [0.3, 0.4) is 0 Å². The van der Waals surface area contributed by atoms with Crippen LogP contribution in [0.15, 0.2) is 18.5 Å². The number of ether oxygens (including phenoxy) is 2. The molecule has 2 aliphatic rings. The van der Waals surface area contributed by atoms with E-state index in [-0.39, 0.29) is 5.79 Å². The van der Waals surface area contributed by atoms with Gasteiger partial charge in [-0.3, -0.25) is 4.98 Å². The van der Waals surface area contributed by atoms with Gasteiger partial charge in [0.25, 0.3) is 0 Å². The van der Waals surface area contributed by atoms with E-state index in [4.69, 9.17) is 15.2 Å². The summed E-state index contributed by atoms with van der Waals surface area (Å²) in [4.78, 5) is 6.33. The summed E-state index contributed by atoms with van der Waals surface area (Å²) in [6.07, 6.45) is 7.49. The number of nitrogen functional groups attached to an aromatic ring is 1. The Labute approximate surface area is 113 Å². The molecule has 0 atom stereocenters. The number of hydrogen-bond acceptors (Lipinski definition) is 5. The van der Waals surface area contributed by atoms with Gasteiger partial charge in [0.1, 0.15) is 0 Å². The van der Waals surface area contributed by atoms with Crippen molar-refractivity contribution in [1.82, 2.24) is 4.98 Å². The zero-order valence-electron chi connectivity index (χ0n) is 11.2. The summed E-state index contributed by atoms with van der Waals surface area (Å²) in [6, 6.07) is 1.97. The lowest BCUT2D eigenvalue weighted by Gasteiger charge is -2.41. The highest BCUT2D eigenvalue weighted by molar-refractivity contribution is 5.66. The Morgan fingerprint density at radius 3 is 2.47 bits per heavy atom. The molecule has 0 radical (unpaired) electrons. The maximum absolute atomic E-state index is 5.98. The van der Waals surface area contributed by atoms with Crippen molar-refractivity contribution in [2.75, 3.05) is 36.9 Å². The van der Waals surface area contributed by atoms with Crippen LogP contribution in [0, 0.1) is 0 Å². The molecule has 0 saturated carbocycles. The molecule has 0 aliphatic carbocycles. The molecule has 1 aromatic heterocycles. The van der Waals surface area contributed by atoms with Gasteiger partial charge in [-0.25, -0.2) is 0 Å². The van der Waals surface area contributed by atoms with Gasteiger partial charge >= 0.3 is 0 Å². The quantitative estimate of drug-likeness (QED) is 0.837. The maximum atomic E-state index is 5.98. The molecule has 3 heterocycles. The van der Waals surface area contributed by atoms with Crippen molar-refractivity contribution < 1.29 is 9.47 Å². The van der Waals surface area contributed by atoms with Crippen LogP contribution < -0.4 is 10.6 Å². The van der Waals surface area contributed by atoms with E-state index < -0.39 is 0 Å². The van der Waals surface area contributed by atoms with Crippen LogP contribution in [-0.4, -0.2) is 37.1 Å². The number of nitrogens with zero attached hydrogens (tertiary/aromatic N) is 2. The molecule has 5 nitrogen and oxygen atoms in total. The normalized spacial score (nSPS) is 23.3. The SMILES string of the molecule is Nc1cnccc1N1CCC2(CC1)OCCCCO2. The van der Waals surface area contributed by atoms with Crippen LogP contribution in [0.1, 0.15) is 25.7 Å². The standard InChI is InChI=1S/C14H21N3O2/c15-12-11-16-6-3-13(12)17-7-4-14(5-8-17)18-9-1-2-10-19-14/h3,6,11H,1-2,4-5,7-10,15H2. The third-order valence-corrected chi connectivity index (χ3v) is 3.96. The van der Waals surface area contributed by atoms with Gasteiger partial charge in [-0.15, -0.1) is 0 Å². The van der Waals surface area contributed by atoms with Gasteiger partial charge in [-0.1, -0.05) is 0 Å². The predicted molar refractivity (Wildman–Crippen MR) is 74.0 cm³/mol. The number of anilines is 2. The Balaban J connectivity index is 1.67. The molecule has 0 amide bonds. The van der Waals surface area contributed by atoms with Crippen LogP contribution in [0.4, 0.5) is 11.4 Å². The van der Waals surface area contributed by atoms with E-state index in [0.717, 1.165) is 63.4 Å². The highest BCUT2D eigenvalue weighted by Crippen LogP contribution is 2.33. The predicted octanol–water partition coefficient (Wildman–Crippen LogP) is 1.79. The lowest BCUT2D eigenvalue weighted by Crippen LogP contribution is -2.47. The summed E-state index contributed by atoms with van der Waals surface area (Å²) >= 11 is 0. The topological polar surface area (TPSA) is 60.6 Å². The fraction of sp³-hybridized carbons (Fsp3) is 0.643. The van der Waals surface area contributed by atoms with Crippen molar-refractivity contribution >= 4 is 11.4 Å². The van der Waals surface area contributed by atoms with Crippen LogP contribution in [-0.2, 0) is 9.47 Å². The van der Waals surface area contributed by atoms with Gasteiger partial charge in [-0.2, -0.15) is 0 Å². The molecular formula is C14H21N3O2. The fourth-order valence-electron chi connectivity index (χ4n) is 2.83. The van der Waals surface area contributed by atoms with E-state index in [9.17, 15) is 0 Å². The summed E-state index contributed by atoms with van der Waals surface area (Å²) in [5.74, 6) is -0.352. The van der Waals surface area contributed by atoms with Crippen molar-refractivity contribution in [3.8, 4) is 0 Å². The summed E-state index contributed by atoms with van der Waals surface area (Å²) in [5.41, 5.74) is 7.78. The molecule has 2 N–H and O–H groups in total. The van der Waals surface area contributed by atoms with Gasteiger partial charge in [0, 0.05) is 32.1 Å². The Hall–Kier alpha value is -1.33. The molecule has 5 heteroatoms. The molecule has 2 saturated heterocycles. The van der Waals surface area contributed by atoms with Crippen LogP contribution in [0.2, 0.25) is 0 Å². The smallest absolute Gasteiger partial charge is 0.171 e. The molecule has 1 aromatic rings. The summed E-state index contributed by atoms with van der Waals surface area (Å²) in [5, 5.41) is 0. The highest BCUT2D eigenvalue weighted by Gasteiger charge is 2.37. The second-order valence-electron chi connectivity index (χ2n) is 5.24. The minimum Gasteiger partial charge on any atom is -0.396 e. The van der Waals surface area contributed by atoms with Gasteiger partial charge in [0.2, 0.25) is 0 Å². The number of piperidine rings is 1. The largest absolute Gasteiger partial charge is 0.396 e. The second-order valence-corrected chi connectivity index (χ2v) is 5.24. The third kappa shape index (κ3) is 2.67. The van der Waals surface area contributed by atoms with E-state index in [0.29, 0.717) is 0 Å². The Morgan fingerprint density at radius 1 is 1.16 bits per heavy atom. The third-order valence-electron chi connectivity index (χ3n) is 3.96. The van der Waals surface area contributed by atoms with Gasteiger partial charge in [-0.05, 0) is 18.9 Å². The summed E-state index contributed by atoms with van der Waals surface area (Å²) < 4.78 is 11.9. The maximum Gasteiger partial charge on any atom is 0.171 e. The lowest BCUT2D eigenvalue weighted by atomic mass is 10.0. The zero-order chi connectivity index (χ0) is 13.1. The van der Waals surface area contributed by atoms with E-state index in [2.05, 4.69) is 9.88 Å². The average Bonchev–Trinajstić information content (AvgIpc) is 2.67. The average molecular weight is 263 g/mol. The molecule has 1 spiro atoms. The number of aromatic nitrogens is 1. The minimum absolute atomic E-state index is 0.352. The number of hydrogen-bond donors (Lipinski definition) is 1. The van der Waals surface area contributed by atoms with Crippen molar-refractivity contribution in [2.24, 2.45) is 0 Å². The summed E-state index contributed by atoms with van der Waals surface area (Å²) in [6.45, 7) is 3.46. The first-order chi connectivity index (χ1) is 9.29. The molecule has 0 bridgehead atoms. The first kappa shape index (κ1) is 12.7. The van der Waals surface area contributed by atoms with E-state index in [1.165, 1.54) is 0 Å². The minimum atomic E-state index is -0.352. The van der Waals surface area contributed by atoms with Crippen molar-refractivity contribution in [3.05, 3.63) is 18.5 Å². The van der Waals surface area contributed by atoms with Gasteiger partial charge in [0.05, 0.1) is 30.8 Å². The number of nitrogens with two attached hydrogens (primary N) is 1. The first-order valence-electron chi connectivity index (χ1n) is 7.01. The molecule has 19 heavy (non-hydrogen) atoms. The van der Waals surface area contributed by atoms with Crippen LogP contribution in [0.25, 0.3) is 0 Å². The van der Waals surface area contributed by atoms with Crippen molar-refractivity contribution in [1.29, 1.82) is 0 Å². The monoisotopic (exact) mass is 263 g/mol. The highest BCUT2D eigenvalue weighted by atomic mass is 16.7. The van der Waals surface area contributed by atoms with Crippen molar-refractivity contribution in [2.45, 2.75) is 31.5 Å². The van der Waals surface area contributed by atoms with Gasteiger partial charge < -0.3 is 20.1 Å². The molecule has 2 aliphatic heterocycles.